The smallest absolute Gasteiger partial charge is 0.253 e. The first kappa shape index (κ1) is 12.7. The van der Waals surface area contributed by atoms with Gasteiger partial charge in [0.2, 0.25) is 5.89 Å². The molecule has 0 aliphatic heterocycles. The molecule has 2 rings (SSSR count). The second-order valence-electron chi connectivity index (χ2n) is 3.09. The van der Waals surface area contributed by atoms with E-state index in [0.717, 1.165) is 4.47 Å². The first-order chi connectivity index (χ1) is 8.19. The third-order valence-electron chi connectivity index (χ3n) is 1.87. The van der Waals surface area contributed by atoms with Gasteiger partial charge in [-0.05, 0) is 18.2 Å². The second kappa shape index (κ2) is 5.71. The number of ether oxygens (including phenoxy) is 1. The summed E-state index contributed by atoms with van der Waals surface area (Å²) in [5.74, 6) is 1.47. The molecule has 0 saturated carbocycles. The molecule has 0 amide bonds. The quantitative estimate of drug-likeness (QED) is 0.796. The van der Waals surface area contributed by atoms with Gasteiger partial charge in [0.15, 0.2) is 6.61 Å². The molecule has 0 fully saturated rings. The zero-order chi connectivity index (χ0) is 12.3. The van der Waals surface area contributed by atoms with Crippen LogP contribution in [0, 0.1) is 0 Å². The van der Waals surface area contributed by atoms with Crippen molar-refractivity contribution in [2.24, 2.45) is 0 Å². The predicted octanol–water partition coefficient (Wildman–Crippen LogP) is 3.80. The van der Waals surface area contributed by atoms with E-state index in [1.807, 2.05) is 6.07 Å². The van der Waals surface area contributed by atoms with Crippen molar-refractivity contribution < 1.29 is 9.15 Å². The lowest BCUT2D eigenvalue weighted by molar-refractivity contribution is 0.260. The molecule has 1 aromatic heterocycles. The molecule has 0 aliphatic rings. The van der Waals surface area contributed by atoms with E-state index >= 15 is 0 Å². The maximum Gasteiger partial charge on any atom is 0.253 e. The van der Waals surface area contributed by atoms with Gasteiger partial charge in [0.05, 0.1) is 5.02 Å². The molecule has 4 nitrogen and oxygen atoms in total. The van der Waals surface area contributed by atoms with Gasteiger partial charge in [-0.1, -0.05) is 27.5 Å². The van der Waals surface area contributed by atoms with E-state index in [2.05, 4.69) is 26.1 Å². The van der Waals surface area contributed by atoms with Crippen LogP contribution in [0.1, 0.15) is 11.8 Å². The van der Waals surface area contributed by atoms with Crippen LogP contribution in [0.5, 0.6) is 5.75 Å². The molecule has 0 atom stereocenters. The molecule has 0 N–H and O–H groups in total. The molecule has 90 valence electrons. The van der Waals surface area contributed by atoms with Gasteiger partial charge in [0.1, 0.15) is 11.6 Å². The third kappa shape index (κ3) is 3.34. The Labute approximate surface area is 116 Å². The molecule has 17 heavy (non-hydrogen) atoms. The SMILES string of the molecule is ClCc1nnc(COc2ccc(Br)cc2Cl)o1. The summed E-state index contributed by atoms with van der Waals surface area (Å²) in [6.07, 6.45) is 0. The Kier molecular flexibility index (Phi) is 4.25. The highest BCUT2D eigenvalue weighted by atomic mass is 79.9. The summed E-state index contributed by atoms with van der Waals surface area (Å²) in [4.78, 5) is 0. The highest BCUT2D eigenvalue weighted by Crippen LogP contribution is 2.28. The Morgan fingerprint density at radius 2 is 2.06 bits per heavy atom. The van der Waals surface area contributed by atoms with Crippen LogP contribution < -0.4 is 4.74 Å². The maximum absolute atomic E-state index is 5.99. The maximum atomic E-state index is 5.99. The zero-order valence-electron chi connectivity index (χ0n) is 8.49. The number of nitrogens with zero attached hydrogens (tertiary/aromatic N) is 2. The Balaban J connectivity index is 2.02. The lowest BCUT2D eigenvalue weighted by Gasteiger charge is -2.05. The average molecular weight is 338 g/mol. The van der Waals surface area contributed by atoms with Crippen LogP contribution in [0.2, 0.25) is 5.02 Å². The van der Waals surface area contributed by atoms with Crippen LogP contribution in [-0.4, -0.2) is 10.2 Å². The summed E-state index contributed by atoms with van der Waals surface area (Å²) in [5, 5.41) is 8.00. The standard InChI is InChI=1S/C10H7BrCl2N2O2/c11-6-1-2-8(7(13)3-6)16-5-10-15-14-9(4-12)17-10/h1-3H,4-5H2. The van der Waals surface area contributed by atoms with Crippen molar-refractivity contribution >= 4 is 39.1 Å². The minimum absolute atomic E-state index is 0.158. The Morgan fingerprint density at radius 3 is 2.71 bits per heavy atom. The van der Waals surface area contributed by atoms with E-state index in [1.165, 1.54) is 0 Å². The lowest BCUT2D eigenvalue weighted by Crippen LogP contribution is -1.96. The normalized spacial score (nSPS) is 10.5. The largest absolute Gasteiger partial charge is 0.482 e. The molecule has 1 aromatic carbocycles. The van der Waals surface area contributed by atoms with E-state index in [0.29, 0.717) is 22.6 Å². The second-order valence-corrected chi connectivity index (χ2v) is 4.68. The van der Waals surface area contributed by atoms with Crippen LogP contribution in [0.25, 0.3) is 0 Å². The van der Waals surface area contributed by atoms with Crippen molar-refractivity contribution in [1.82, 2.24) is 10.2 Å². The zero-order valence-corrected chi connectivity index (χ0v) is 11.6. The van der Waals surface area contributed by atoms with E-state index < -0.39 is 0 Å². The number of rotatable bonds is 4. The lowest BCUT2D eigenvalue weighted by atomic mass is 10.3. The summed E-state index contributed by atoms with van der Waals surface area (Å²) in [6, 6.07) is 5.33. The van der Waals surface area contributed by atoms with Crippen LogP contribution in [0.3, 0.4) is 0 Å². The Bertz CT molecular complexity index is 519. The molecule has 2 aromatic rings. The predicted molar refractivity (Wildman–Crippen MR) is 67.3 cm³/mol. The number of aromatic nitrogens is 2. The summed E-state index contributed by atoms with van der Waals surface area (Å²) in [6.45, 7) is 0.158. The third-order valence-corrected chi connectivity index (χ3v) is 2.89. The fraction of sp³-hybridized carbons (Fsp3) is 0.200. The number of hydrogen-bond donors (Lipinski definition) is 0. The van der Waals surface area contributed by atoms with Gasteiger partial charge in [-0.15, -0.1) is 21.8 Å². The average Bonchev–Trinajstić information content (AvgIpc) is 2.76. The number of halogens is 3. The molecule has 1 heterocycles. The molecular formula is C10H7BrCl2N2O2. The van der Waals surface area contributed by atoms with Crippen molar-refractivity contribution in [2.45, 2.75) is 12.5 Å². The first-order valence-corrected chi connectivity index (χ1v) is 6.34. The summed E-state index contributed by atoms with van der Waals surface area (Å²) in [5.41, 5.74) is 0. The molecule has 0 saturated heterocycles. The molecule has 0 radical (unpaired) electrons. The topological polar surface area (TPSA) is 48.2 Å². The van der Waals surface area contributed by atoms with Crippen molar-refractivity contribution in [2.75, 3.05) is 0 Å². The minimum Gasteiger partial charge on any atom is -0.482 e. The van der Waals surface area contributed by atoms with Gasteiger partial charge in [-0.2, -0.15) is 0 Å². The van der Waals surface area contributed by atoms with Gasteiger partial charge < -0.3 is 9.15 Å². The summed E-state index contributed by atoms with van der Waals surface area (Å²) < 4.78 is 11.5. The highest BCUT2D eigenvalue weighted by Gasteiger charge is 2.07. The monoisotopic (exact) mass is 336 g/mol. The van der Waals surface area contributed by atoms with Crippen molar-refractivity contribution in [3.8, 4) is 5.75 Å². The van der Waals surface area contributed by atoms with Crippen molar-refractivity contribution in [1.29, 1.82) is 0 Å². The number of benzene rings is 1. The Morgan fingerprint density at radius 1 is 1.29 bits per heavy atom. The molecule has 7 heteroatoms. The molecule has 0 aliphatic carbocycles. The van der Waals surface area contributed by atoms with Gasteiger partial charge in [-0.25, -0.2) is 0 Å². The first-order valence-electron chi connectivity index (χ1n) is 4.64. The van der Waals surface area contributed by atoms with Crippen LogP contribution in [0.4, 0.5) is 0 Å². The van der Waals surface area contributed by atoms with E-state index in [4.69, 9.17) is 32.4 Å². The molecule has 0 unspecified atom stereocenters. The molecule has 0 spiro atoms. The minimum atomic E-state index is 0.158. The van der Waals surface area contributed by atoms with E-state index in [1.54, 1.807) is 12.1 Å². The van der Waals surface area contributed by atoms with E-state index in [9.17, 15) is 0 Å². The van der Waals surface area contributed by atoms with Gasteiger partial charge >= 0.3 is 0 Å². The highest BCUT2D eigenvalue weighted by molar-refractivity contribution is 9.10. The summed E-state index contributed by atoms with van der Waals surface area (Å²) in [7, 11) is 0. The number of alkyl halides is 1. The van der Waals surface area contributed by atoms with Gasteiger partial charge in [0.25, 0.3) is 5.89 Å². The van der Waals surface area contributed by atoms with Crippen molar-refractivity contribution in [3.63, 3.8) is 0 Å². The van der Waals surface area contributed by atoms with Crippen LogP contribution >= 0.6 is 39.1 Å². The van der Waals surface area contributed by atoms with Gasteiger partial charge in [0, 0.05) is 4.47 Å². The van der Waals surface area contributed by atoms with Crippen LogP contribution in [-0.2, 0) is 12.5 Å². The summed E-state index contributed by atoms with van der Waals surface area (Å²) >= 11 is 14.8. The molecular weight excluding hydrogens is 331 g/mol. The van der Waals surface area contributed by atoms with E-state index in [-0.39, 0.29) is 12.5 Å². The van der Waals surface area contributed by atoms with Gasteiger partial charge in [-0.3, -0.25) is 0 Å². The molecule has 0 bridgehead atoms. The number of hydrogen-bond acceptors (Lipinski definition) is 4. The van der Waals surface area contributed by atoms with Crippen molar-refractivity contribution in [3.05, 3.63) is 39.5 Å². The fourth-order valence-corrected chi connectivity index (χ4v) is 1.97. The fourth-order valence-electron chi connectivity index (χ4n) is 1.13. The van der Waals surface area contributed by atoms with Crippen LogP contribution in [0.15, 0.2) is 27.1 Å². The Hall–Kier alpha value is -0.780.